The van der Waals surface area contributed by atoms with E-state index in [4.69, 9.17) is 0 Å². The molecule has 0 aliphatic carbocycles. The summed E-state index contributed by atoms with van der Waals surface area (Å²) in [5, 5.41) is 2.83. The molecule has 1 rings (SSSR count). The second-order valence-electron chi connectivity index (χ2n) is 4.45. The fourth-order valence-corrected chi connectivity index (χ4v) is 3.90. The molecular formula is C13H21NOS. The topological polar surface area (TPSA) is 29.1 Å². The first-order chi connectivity index (χ1) is 7.45. The quantitative estimate of drug-likeness (QED) is 0.856. The monoisotopic (exact) mass is 239 g/mol. The van der Waals surface area contributed by atoms with Gasteiger partial charge in [-0.25, -0.2) is 10.0 Å². The highest BCUT2D eigenvalue weighted by Crippen LogP contribution is 2.49. The maximum absolute atomic E-state index is 11.0. The smallest absolute Gasteiger partial charge is 0.221 e. The molecule has 0 aliphatic heterocycles. The lowest BCUT2D eigenvalue weighted by Crippen LogP contribution is -2.07. The molecule has 1 aromatic carbocycles. The summed E-state index contributed by atoms with van der Waals surface area (Å²) in [6, 6.07) is 8.22. The molecule has 0 spiro atoms. The number of anilines is 1. The van der Waals surface area contributed by atoms with E-state index >= 15 is 0 Å². The van der Waals surface area contributed by atoms with Crippen molar-refractivity contribution in [3.63, 3.8) is 0 Å². The predicted molar refractivity (Wildman–Crippen MR) is 73.6 cm³/mol. The Balaban J connectivity index is 2.93. The SMILES string of the molecule is CCCS(C)(C)c1cccc(NC(C)=O)c1. The first kappa shape index (κ1) is 13.1. The van der Waals surface area contributed by atoms with Gasteiger partial charge in [-0.05, 0) is 47.8 Å². The lowest BCUT2D eigenvalue weighted by molar-refractivity contribution is -0.114. The number of carbonyl (C=O) groups is 1. The van der Waals surface area contributed by atoms with Crippen molar-refractivity contribution in [2.75, 3.05) is 23.6 Å². The molecule has 3 heteroatoms. The molecule has 16 heavy (non-hydrogen) atoms. The fourth-order valence-electron chi connectivity index (χ4n) is 1.75. The van der Waals surface area contributed by atoms with E-state index in [0.717, 1.165) is 5.69 Å². The highest BCUT2D eigenvalue weighted by atomic mass is 32.3. The van der Waals surface area contributed by atoms with Crippen LogP contribution in [0.4, 0.5) is 5.69 Å². The summed E-state index contributed by atoms with van der Waals surface area (Å²) in [7, 11) is -0.720. The highest BCUT2D eigenvalue weighted by Gasteiger charge is 2.13. The van der Waals surface area contributed by atoms with Crippen LogP contribution in [-0.2, 0) is 4.79 Å². The zero-order valence-corrected chi connectivity index (χ0v) is 11.4. The average Bonchev–Trinajstić information content (AvgIpc) is 2.17. The van der Waals surface area contributed by atoms with Crippen molar-refractivity contribution in [2.24, 2.45) is 0 Å². The Morgan fingerprint density at radius 1 is 1.38 bits per heavy atom. The molecule has 0 unspecified atom stereocenters. The van der Waals surface area contributed by atoms with Crippen LogP contribution in [0.3, 0.4) is 0 Å². The van der Waals surface area contributed by atoms with Gasteiger partial charge in [0.25, 0.3) is 0 Å². The van der Waals surface area contributed by atoms with Crippen LogP contribution < -0.4 is 5.32 Å². The number of amides is 1. The Morgan fingerprint density at radius 3 is 2.62 bits per heavy atom. The van der Waals surface area contributed by atoms with Gasteiger partial charge < -0.3 is 5.32 Å². The summed E-state index contributed by atoms with van der Waals surface area (Å²) in [4.78, 5) is 12.4. The lowest BCUT2D eigenvalue weighted by Gasteiger charge is -2.31. The van der Waals surface area contributed by atoms with E-state index in [1.54, 1.807) is 0 Å². The van der Waals surface area contributed by atoms with Crippen LogP contribution in [0, 0.1) is 0 Å². The van der Waals surface area contributed by atoms with E-state index in [1.165, 1.54) is 24.0 Å². The van der Waals surface area contributed by atoms with Crippen LogP contribution >= 0.6 is 10.0 Å². The Bertz CT molecular complexity index is 374. The van der Waals surface area contributed by atoms with Crippen molar-refractivity contribution in [3.05, 3.63) is 24.3 Å². The molecule has 90 valence electrons. The van der Waals surface area contributed by atoms with Crippen molar-refractivity contribution < 1.29 is 4.79 Å². The summed E-state index contributed by atoms with van der Waals surface area (Å²) in [6.45, 7) is 3.75. The van der Waals surface area contributed by atoms with Crippen molar-refractivity contribution in [3.8, 4) is 0 Å². The van der Waals surface area contributed by atoms with Crippen molar-refractivity contribution in [1.29, 1.82) is 0 Å². The number of nitrogens with one attached hydrogen (secondary N) is 1. The molecule has 0 heterocycles. The second-order valence-corrected chi connectivity index (χ2v) is 8.41. The van der Waals surface area contributed by atoms with E-state index in [9.17, 15) is 4.79 Å². The maximum Gasteiger partial charge on any atom is 0.221 e. The zero-order chi connectivity index (χ0) is 12.2. The molecule has 0 saturated heterocycles. The molecule has 0 atom stereocenters. The van der Waals surface area contributed by atoms with Crippen molar-refractivity contribution in [1.82, 2.24) is 0 Å². The van der Waals surface area contributed by atoms with Gasteiger partial charge in [0.2, 0.25) is 5.91 Å². The van der Waals surface area contributed by atoms with Crippen LogP contribution in [0.5, 0.6) is 0 Å². The standard InChI is InChI=1S/C13H21NOS/c1-5-9-16(3,4)13-8-6-7-12(10-13)14-11(2)15/h6-8,10H,5,9H2,1-4H3,(H,14,15). The van der Waals surface area contributed by atoms with Gasteiger partial charge in [0.1, 0.15) is 0 Å². The van der Waals surface area contributed by atoms with Crippen LogP contribution in [0.25, 0.3) is 0 Å². The molecule has 2 nitrogen and oxygen atoms in total. The third-order valence-corrected chi connectivity index (χ3v) is 5.47. The third kappa shape index (κ3) is 3.56. The maximum atomic E-state index is 11.0. The Kier molecular flexibility index (Phi) is 4.42. The third-order valence-electron chi connectivity index (χ3n) is 2.51. The van der Waals surface area contributed by atoms with Gasteiger partial charge in [0.05, 0.1) is 0 Å². The summed E-state index contributed by atoms with van der Waals surface area (Å²) in [6.07, 6.45) is 5.85. The number of rotatable bonds is 4. The minimum atomic E-state index is -0.720. The molecule has 1 aromatic rings. The summed E-state index contributed by atoms with van der Waals surface area (Å²) < 4.78 is 0. The molecule has 0 radical (unpaired) electrons. The van der Waals surface area contributed by atoms with Gasteiger partial charge in [-0.2, -0.15) is 0 Å². The lowest BCUT2D eigenvalue weighted by atomic mass is 10.3. The molecule has 1 amide bonds. The van der Waals surface area contributed by atoms with E-state index in [-0.39, 0.29) is 5.91 Å². The van der Waals surface area contributed by atoms with Gasteiger partial charge in [-0.15, -0.1) is 0 Å². The molecule has 0 aliphatic rings. The van der Waals surface area contributed by atoms with E-state index in [1.807, 2.05) is 12.1 Å². The number of hydrogen-bond acceptors (Lipinski definition) is 1. The normalized spacial score (nSPS) is 12.2. The number of hydrogen-bond donors (Lipinski definition) is 1. The van der Waals surface area contributed by atoms with Crippen molar-refractivity contribution >= 4 is 21.6 Å². The second kappa shape index (κ2) is 5.39. The van der Waals surface area contributed by atoms with Gasteiger partial charge >= 0.3 is 0 Å². The molecule has 1 N–H and O–H groups in total. The van der Waals surface area contributed by atoms with Gasteiger partial charge in [-0.1, -0.05) is 13.0 Å². The fraction of sp³-hybridized carbons (Fsp3) is 0.462. The first-order valence-corrected chi connectivity index (χ1v) is 8.16. The zero-order valence-electron chi connectivity index (χ0n) is 10.5. The minimum Gasteiger partial charge on any atom is -0.326 e. The first-order valence-electron chi connectivity index (χ1n) is 5.54. The van der Waals surface area contributed by atoms with Crippen LogP contribution in [0.1, 0.15) is 20.3 Å². The largest absolute Gasteiger partial charge is 0.326 e. The van der Waals surface area contributed by atoms with Crippen molar-refractivity contribution in [2.45, 2.75) is 25.2 Å². The van der Waals surface area contributed by atoms with Crippen LogP contribution in [0.15, 0.2) is 29.2 Å². The highest BCUT2D eigenvalue weighted by molar-refractivity contribution is 8.32. The van der Waals surface area contributed by atoms with E-state index < -0.39 is 10.0 Å². The van der Waals surface area contributed by atoms with E-state index in [2.05, 4.69) is 36.9 Å². The molecule has 0 fully saturated rings. The molecule has 0 bridgehead atoms. The number of benzene rings is 1. The summed E-state index contributed by atoms with van der Waals surface area (Å²) >= 11 is 0. The Labute approximate surface area is 99.8 Å². The van der Waals surface area contributed by atoms with Crippen LogP contribution in [0.2, 0.25) is 0 Å². The van der Waals surface area contributed by atoms with Crippen LogP contribution in [-0.4, -0.2) is 24.2 Å². The predicted octanol–water partition coefficient (Wildman–Crippen LogP) is 3.48. The minimum absolute atomic E-state index is 0.0135. The average molecular weight is 239 g/mol. The summed E-state index contributed by atoms with van der Waals surface area (Å²) in [5.74, 6) is 1.22. The summed E-state index contributed by atoms with van der Waals surface area (Å²) in [5.41, 5.74) is 0.904. The number of carbonyl (C=O) groups excluding carboxylic acids is 1. The Morgan fingerprint density at radius 2 is 2.06 bits per heavy atom. The molecule has 0 saturated carbocycles. The molecule has 0 aromatic heterocycles. The van der Waals surface area contributed by atoms with Gasteiger partial charge in [0.15, 0.2) is 0 Å². The van der Waals surface area contributed by atoms with Gasteiger partial charge in [0, 0.05) is 12.6 Å². The molecular weight excluding hydrogens is 218 g/mol. The van der Waals surface area contributed by atoms with Gasteiger partial charge in [-0.3, -0.25) is 4.79 Å². The van der Waals surface area contributed by atoms with E-state index in [0.29, 0.717) is 0 Å². The Hall–Kier alpha value is -0.960.